The van der Waals surface area contributed by atoms with Gasteiger partial charge in [-0.2, -0.15) is 0 Å². The molecule has 0 aromatic heterocycles. The molecular formula is C10H17NO3. The Morgan fingerprint density at radius 3 is 2.57 bits per heavy atom. The maximum atomic E-state index is 11.9. The number of aliphatic hydroxyl groups is 1. The van der Waals surface area contributed by atoms with Gasteiger partial charge in [-0.3, -0.25) is 4.79 Å². The molecule has 4 nitrogen and oxygen atoms in total. The number of hydrogen-bond acceptors (Lipinski definition) is 3. The van der Waals surface area contributed by atoms with Gasteiger partial charge in [-0.1, -0.05) is 0 Å². The quantitative estimate of drug-likeness (QED) is 0.673. The van der Waals surface area contributed by atoms with Crippen molar-refractivity contribution in [1.82, 2.24) is 4.90 Å². The Morgan fingerprint density at radius 1 is 1.36 bits per heavy atom. The molecule has 0 aromatic rings. The fraction of sp³-hybridized carbons (Fsp3) is 0.900. The van der Waals surface area contributed by atoms with Crippen molar-refractivity contribution in [2.24, 2.45) is 11.8 Å². The summed E-state index contributed by atoms with van der Waals surface area (Å²) < 4.78 is 5.19. The monoisotopic (exact) mass is 199 g/mol. The van der Waals surface area contributed by atoms with Gasteiger partial charge in [0.2, 0.25) is 5.91 Å². The van der Waals surface area contributed by atoms with Crippen molar-refractivity contribution in [3.63, 3.8) is 0 Å². The molecule has 4 heteroatoms. The zero-order chi connectivity index (χ0) is 9.97. The highest BCUT2D eigenvalue weighted by Crippen LogP contribution is 2.35. The van der Waals surface area contributed by atoms with E-state index in [4.69, 9.17) is 9.84 Å². The number of carbonyl (C=O) groups excluding carboxylic acids is 1. The number of aliphatic hydroxyl groups excluding tert-OH is 1. The summed E-state index contributed by atoms with van der Waals surface area (Å²) in [5, 5.41) is 9.01. The Labute approximate surface area is 83.8 Å². The average Bonchev–Trinajstić information content (AvgIpc) is 2.18. The topological polar surface area (TPSA) is 49.8 Å². The molecule has 1 saturated carbocycles. The molecule has 1 amide bonds. The lowest BCUT2D eigenvalue weighted by Gasteiger charge is -2.38. The van der Waals surface area contributed by atoms with Gasteiger partial charge in [-0.25, -0.2) is 0 Å². The van der Waals surface area contributed by atoms with Gasteiger partial charge >= 0.3 is 0 Å². The summed E-state index contributed by atoms with van der Waals surface area (Å²) in [6.07, 6.45) is 1.94. The van der Waals surface area contributed by atoms with Crippen molar-refractivity contribution in [3.8, 4) is 0 Å². The van der Waals surface area contributed by atoms with E-state index in [0.717, 1.165) is 12.8 Å². The van der Waals surface area contributed by atoms with E-state index in [2.05, 4.69) is 0 Å². The normalized spacial score (nSPS) is 32.5. The van der Waals surface area contributed by atoms with Crippen molar-refractivity contribution in [2.45, 2.75) is 12.8 Å². The third kappa shape index (κ3) is 1.77. The summed E-state index contributed by atoms with van der Waals surface area (Å²) >= 11 is 0. The predicted molar refractivity (Wildman–Crippen MR) is 50.7 cm³/mol. The van der Waals surface area contributed by atoms with Gasteiger partial charge < -0.3 is 14.7 Å². The van der Waals surface area contributed by atoms with Crippen LogP contribution in [0.5, 0.6) is 0 Å². The minimum absolute atomic E-state index is 0.0816. The lowest BCUT2D eigenvalue weighted by atomic mass is 9.73. The second-order valence-electron chi connectivity index (χ2n) is 4.06. The van der Waals surface area contributed by atoms with Gasteiger partial charge in [0.25, 0.3) is 0 Å². The summed E-state index contributed by atoms with van der Waals surface area (Å²) in [5.74, 6) is 0.516. The molecule has 1 heterocycles. The van der Waals surface area contributed by atoms with Gasteiger partial charge in [-0.05, 0) is 18.8 Å². The summed E-state index contributed by atoms with van der Waals surface area (Å²) in [6, 6.07) is 0. The number of ether oxygens (including phenoxy) is 1. The number of rotatable bonds is 2. The number of nitrogens with zero attached hydrogens (tertiary/aromatic N) is 1. The average molecular weight is 199 g/mol. The molecule has 1 aliphatic carbocycles. The van der Waals surface area contributed by atoms with Crippen LogP contribution in [-0.2, 0) is 9.53 Å². The van der Waals surface area contributed by atoms with Crippen molar-refractivity contribution >= 4 is 5.91 Å². The van der Waals surface area contributed by atoms with Crippen LogP contribution in [0.2, 0.25) is 0 Å². The molecule has 1 N–H and O–H groups in total. The van der Waals surface area contributed by atoms with E-state index in [-0.39, 0.29) is 24.3 Å². The minimum atomic E-state index is 0.0816. The maximum absolute atomic E-state index is 11.9. The molecule has 1 aliphatic heterocycles. The van der Waals surface area contributed by atoms with Gasteiger partial charge in [0.1, 0.15) is 0 Å². The molecule has 0 spiro atoms. The summed E-state index contributed by atoms with van der Waals surface area (Å²) in [5.41, 5.74) is 0. The first-order chi connectivity index (χ1) is 6.83. The van der Waals surface area contributed by atoms with Crippen molar-refractivity contribution in [3.05, 3.63) is 0 Å². The van der Waals surface area contributed by atoms with E-state index < -0.39 is 0 Å². The summed E-state index contributed by atoms with van der Waals surface area (Å²) in [7, 11) is 0. The van der Waals surface area contributed by atoms with Gasteiger partial charge in [-0.15, -0.1) is 0 Å². The van der Waals surface area contributed by atoms with Crippen molar-refractivity contribution < 1.29 is 14.6 Å². The number of hydrogen-bond donors (Lipinski definition) is 1. The van der Waals surface area contributed by atoms with E-state index in [1.807, 2.05) is 4.90 Å². The van der Waals surface area contributed by atoms with Crippen LogP contribution in [0, 0.1) is 11.8 Å². The Morgan fingerprint density at radius 2 is 2.07 bits per heavy atom. The van der Waals surface area contributed by atoms with Gasteiger partial charge in [0, 0.05) is 25.6 Å². The smallest absolute Gasteiger partial charge is 0.226 e. The molecule has 2 atom stereocenters. The van der Waals surface area contributed by atoms with E-state index in [0.29, 0.717) is 26.3 Å². The molecule has 0 radical (unpaired) electrons. The van der Waals surface area contributed by atoms with Crippen LogP contribution in [0.3, 0.4) is 0 Å². The van der Waals surface area contributed by atoms with Crippen LogP contribution < -0.4 is 0 Å². The molecular weight excluding hydrogens is 182 g/mol. The first-order valence-corrected chi connectivity index (χ1v) is 5.30. The minimum Gasteiger partial charge on any atom is -0.396 e. The number of amides is 1. The molecule has 1 saturated heterocycles. The van der Waals surface area contributed by atoms with Crippen molar-refractivity contribution in [2.75, 3.05) is 32.9 Å². The third-order valence-electron chi connectivity index (χ3n) is 3.29. The highest BCUT2D eigenvalue weighted by Gasteiger charge is 2.38. The molecule has 0 bridgehead atoms. The molecule has 0 unspecified atom stereocenters. The van der Waals surface area contributed by atoms with E-state index >= 15 is 0 Å². The van der Waals surface area contributed by atoms with Crippen LogP contribution in [0.1, 0.15) is 12.8 Å². The zero-order valence-corrected chi connectivity index (χ0v) is 8.32. The standard InChI is InChI=1S/C10H17NO3/c12-7-8-1-2-9(8)10(13)11-3-5-14-6-4-11/h8-9,12H,1-7H2/t8-,9+/m1/s1. The lowest BCUT2D eigenvalue weighted by Crippen LogP contribution is -2.48. The van der Waals surface area contributed by atoms with Crippen LogP contribution in [0.4, 0.5) is 0 Å². The van der Waals surface area contributed by atoms with Crippen LogP contribution >= 0.6 is 0 Å². The molecule has 2 rings (SSSR count). The second kappa shape index (κ2) is 4.28. The SMILES string of the molecule is O=C([C@H]1CC[C@@H]1CO)N1CCOCC1. The summed E-state index contributed by atoms with van der Waals surface area (Å²) in [6.45, 7) is 2.90. The molecule has 2 fully saturated rings. The zero-order valence-electron chi connectivity index (χ0n) is 8.32. The largest absolute Gasteiger partial charge is 0.396 e. The van der Waals surface area contributed by atoms with E-state index in [1.54, 1.807) is 0 Å². The molecule has 14 heavy (non-hydrogen) atoms. The highest BCUT2D eigenvalue weighted by atomic mass is 16.5. The fourth-order valence-corrected chi connectivity index (χ4v) is 2.13. The van der Waals surface area contributed by atoms with Crippen LogP contribution in [-0.4, -0.2) is 48.8 Å². The van der Waals surface area contributed by atoms with Crippen LogP contribution in [0.15, 0.2) is 0 Å². The lowest BCUT2D eigenvalue weighted by molar-refractivity contribution is -0.146. The Balaban J connectivity index is 1.87. The van der Waals surface area contributed by atoms with Gasteiger partial charge in [0.15, 0.2) is 0 Å². The third-order valence-corrected chi connectivity index (χ3v) is 3.29. The predicted octanol–water partition coefficient (Wildman–Crippen LogP) is -0.136. The molecule has 0 aromatic carbocycles. The van der Waals surface area contributed by atoms with Crippen molar-refractivity contribution in [1.29, 1.82) is 0 Å². The Kier molecular flexibility index (Phi) is 3.03. The molecule has 2 aliphatic rings. The highest BCUT2D eigenvalue weighted by molar-refractivity contribution is 5.80. The number of carbonyl (C=O) groups is 1. The molecule has 80 valence electrons. The van der Waals surface area contributed by atoms with E-state index in [9.17, 15) is 4.79 Å². The summed E-state index contributed by atoms with van der Waals surface area (Å²) in [4.78, 5) is 13.8. The Bertz CT molecular complexity index is 207. The van der Waals surface area contributed by atoms with E-state index in [1.165, 1.54) is 0 Å². The first-order valence-electron chi connectivity index (χ1n) is 5.30. The Hall–Kier alpha value is -0.610. The number of morpholine rings is 1. The fourth-order valence-electron chi connectivity index (χ4n) is 2.13. The second-order valence-corrected chi connectivity index (χ2v) is 4.06. The maximum Gasteiger partial charge on any atom is 0.226 e. The van der Waals surface area contributed by atoms with Gasteiger partial charge in [0.05, 0.1) is 13.2 Å². The van der Waals surface area contributed by atoms with Crippen LogP contribution in [0.25, 0.3) is 0 Å². The first kappa shape index (κ1) is 9.93.